The highest BCUT2D eigenvalue weighted by atomic mass is 35.5. The van der Waals surface area contributed by atoms with Gasteiger partial charge in [-0.05, 0) is 60.7 Å². The molecule has 0 saturated carbocycles. The Morgan fingerprint density at radius 1 is 0.732 bits per heavy atom. The minimum absolute atomic E-state index is 0.0775. The normalized spacial score (nSPS) is 13.9. The van der Waals surface area contributed by atoms with E-state index in [1.807, 2.05) is 5.43 Å². The number of urea groups is 2. The summed E-state index contributed by atoms with van der Waals surface area (Å²) in [5.41, 5.74) is 4.60. The molecule has 6 rings (SSSR count). The Hall–Kier alpha value is -5.46. The number of hydrogen-bond acceptors (Lipinski definition) is 10. The standard InChI is InChI=1S/C19H19ClFN3O4.C18H19ClFN5O3/c1-27-18(25)13-2-3-14(22-11-13)12-24(15-4-5-17(21)16(20)10-15)19(26)23-6-8-28-9-7-23;19-15-9-14(3-4-16(15)20)25(18(27)24-5-7-28-8-6-24)11-13-2-1-12(10-22-13)17(26)23-21/h2-5,10-11H,6-9,12H2,1H3;1-4,9-10H,5-8,11,21H2,(H,23,26). The molecule has 2 saturated heterocycles. The number of morpholine rings is 2. The molecule has 15 nitrogen and oxygen atoms in total. The molecule has 296 valence electrons. The highest BCUT2D eigenvalue weighted by Gasteiger charge is 2.27. The van der Waals surface area contributed by atoms with Crippen LogP contribution in [0.2, 0.25) is 10.0 Å². The zero-order valence-corrected chi connectivity index (χ0v) is 31.6. The third-order valence-corrected chi connectivity index (χ3v) is 9.14. The number of amides is 5. The number of aromatic nitrogens is 2. The topological polar surface area (TPSA) is 173 Å². The second-order valence-corrected chi connectivity index (χ2v) is 13.0. The molecule has 2 fully saturated rings. The number of nitrogen functional groups attached to an aromatic ring is 1. The van der Waals surface area contributed by atoms with Gasteiger partial charge in [0.25, 0.3) is 5.91 Å². The summed E-state index contributed by atoms with van der Waals surface area (Å²) in [6.45, 7) is 3.86. The highest BCUT2D eigenvalue weighted by molar-refractivity contribution is 6.31. The fraction of sp³-hybridized carbons (Fsp3) is 0.297. The second kappa shape index (κ2) is 19.9. The lowest BCUT2D eigenvalue weighted by molar-refractivity contribution is 0.0548. The van der Waals surface area contributed by atoms with Gasteiger partial charge in [-0.3, -0.25) is 30.0 Å². The van der Waals surface area contributed by atoms with Gasteiger partial charge in [0.1, 0.15) is 11.6 Å². The van der Waals surface area contributed by atoms with Gasteiger partial charge in [0.15, 0.2) is 0 Å². The maximum Gasteiger partial charge on any atom is 0.339 e. The summed E-state index contributed by atoms with van der Waals surface area (Å²) in [4.78, 5) is 63.9. The van der Waals surface area contributed by atoms with Crippen LogP contribution in [0.5, 0.6) is 0 Å². The molecule has 5 amide bonds. The Bertz CT molecular complexity index is 1860. The van der Waals surface area contributed by atoms with Gasteiger partial charge in [-0.15, -0.1) is 0 Å². The molecule has 19 heteroatoms. The number of benzene rings is 2. The zero-order chi connectivity index (χ0) is 40.2. The van der Waals surface area contributed by atoms with E-state index in [9.17, 15) is 28.0 Å². The number of methoxy groups -OCH3 is 1. The third-order valence-electron chi connectivity index (χ3n) is 8.56. The number of pyridine rings is 2. The Labute approximate surface area is 330 Å². The lowest BCUT2D eigenvalue weighted by Gasteiger charge is -2.33. The average molecular weight is 816 g/mol. The van der Waals surface area contributed by atoms with Gasteiger partial charge in [0, 0.05) is 49.9 Å². The summed E-state index contributed by atoms with van der Waals surface area (Å²) >= 11 is 11.8. The summed E-state index contributed by atoms with van der Waals surface area (Å²) in [6.07, 6.45) is 2.75. The van der Waals surface area contributed by atoms with Crippen LogP contribution in [-0.4, -0.2) is 103 Å². The van der Waals surface area contributed by atoms with Gasteiger partial charge in [-0.1, -0.05) is 23.2 Å². The molecule has 2 aromatic heterocycles. The Balaban J connectivity index is 0.000000214. The molecule has 3 N–H and O–H groups in total. The minimum Gasteiger partial charge on any atom is -0.465 e. The minimum atomic E-state index is -0.570. The van der Waals surface area contributed by atoms with Gasteiger partial charge in [0.2, 0.25) is 0 Å². The third kappa shape index (κ3) is 10.9. The van der Waals surface area contributed by atoms with Crippen molar-refractivity contribution in [2.45, 2.75) is 13.1 Å². The number of nitrogens with one attached hydrogen (secondary N) is 1. The first-order valence-corrected chi connectivity index (χ1v) is 17.9. The molecule has 0 unspecified atom stereocenters. The molecule has 2 aliphatic rings. The predicted octanol–water partition coefficient (Wildman–Crippen LogP) is 5.06. The van der Waals surface area contributed by atoms with E-state index in [1.165, 1.54) is 65.7 Å². The van der Waals surface area contributed by atoms with Crippen molar-refractivity contribution in [3.8, 4) is 0 Å². The molecular weight excluding hydrogens is 777 g/mol. The highest BCUT2D eigenvalue weighted by Crippen LogP contribution is 2.27. The van der Waals surface area contributed by atoms with Crippen LogP contribution < -0.4 is 21.1 Å². The van der Waals surface area contributed by atoms with E-state index < -0.39 is 23.5 Å². The number of rotatable bonds is 8. The van der Waals surface area contributed by atoms with Gasteiger partial charge >= 0.3 is 18.0 Å². The SMILES string of the molecule is COC(=O)c1ccc(CN(C(=O)N2CCOCC2)c2ccc(F)c(Cl)c2)nc1.NNC(=O)c1ccc(CN(C(=O)N2CCOCC2)c2ccc(F)c(Cl)c2)nc1. The van der Waals surface area contributed by atoms with Crippen molar-refractivity contribution < 1.29 is 42.2 Å². The van der Waals surface area contributed by atoms with Crippen molar-refractivity contribution >= 4 is 58.5 Å². The smallest absolute Gasteiger partial charge is 0.339 e. The van der Waals surface area contributed by atoms with Crippen LogP contribution in [0.1, 0.15) is 32.1 Å². The van der Waals surface area contributed by atoms with E-state index in [1.54, 1.807) is 34.1 Å². The van der Waals surface area contributed by atoms with E-state index in [2.05, 4.69) is 14.7 Å². The first-order valence-electron chi connectivity index (χ1n) is 17.2. The Kier molecular flexibility index (Phi) is 14.8. The van der Waals surface area contributed by atoms with Crippen LogP contribution in [-0.2, 0) is 27.3 Å². The lowest BCUT2D eigenvalue weighted by Crippen LogP contribution is -2.48. The Morgan fingerprint density at radius 2 is 1.16 bits per heavy atom. The molecule has 0 atom stereocenters. The van der Waals surface area contributed by atoms with Crippen molar-refractivity contribution in [2.75, 3.05) is 69.5 Å². The molecule has 4 aromatic rings. The number of halogens is 4. The number of ether oxygens (including phenoxy) is 3. The average Bonchev–Trinajstić information content (AvgIpc) is 3.24. The van der Waals surface area contributed by atoms with Crippen LogP contribution in [0.4, 0.5) is 29.7 Å². The predicted molar refractivity (Wildman–Crippen MR) is 202 cm³/mol. The van der Waals surface area contributed by atoms with Crippen molar-refractivity contribution in [3.05, 3.63) is 117 Å². The summed E-state index contributed by atoms with van der Waals surface area (Å²) < 4.78 is 42.4. The fourth-order valence-electron chi connectivity index (χ4n) is 5.51. The molecule has 0 spiro atoms. The lowest BCUT2D eigenvalue weighted by atomic mass is 10.2. The van der Waals surface area contributed by atoms with Gasteiger partial charge in [-0.2, -0.15) is 0 Å². The van der Waals surface area contributed by atoms with Crippen LogP contribution in [0.25, 0.3) is 0 Å². The van der Waals surface area contributed by atoms with E-state index in [0.717, 1.165) is 0 Å². The molecule has 0 radical (unpaired) electrons. The van der Waals surface area contributed by atoms with Crippen LogP contribution >= 0.6 is 23.2 Å². The van der Waals surface area contributed by atoms with Crippen molar-refractivity contribution in [3.63, 3.8) is 0 Å². The maximum absolute atomic E-state index is 13.6. The van der Waals surface area contributed by atoms with Gasteiger partial charge < -0.3 is 24.0 Å². The first-order chi connectivity index (χ1) is 27.0. The van der Waals surface area contributed by atoms with Crippen molar-refractivity contribution in [1.82, 2.24) is 25.2 Å². The van der Waals surface area contributed by atoms with Crippen LogP contribution in [0, 0.1) is 11.6 Å². The van der Waals surface area contributed by atoms with Crippen molar-refractivity contribution in [1.29, 1.82) is 0 Å². The maximum atomic E-state index is 13.6. The molecular formula is C37H38Cl2F2N8O7. The van der Waals surface area contributed by atoms with Gasteiger partial charge in [0.05, 0.1) is 79.2 Å². The van der Waals surface area contributed by atoms with Crippen LogP contribution in [0.15, 0.2) is 73.1 Å². The number of carbonyl (C=O) groups is 4. The molecule has 56 heavy (non-hydrogen) atoms. The Morgan fingerprint density at radius 3 is 1.52 bits per heavy atom. The van der Waals surface area contributed by atoms with E-state index >= 15 is 0 Å². The molecule has 2 aromatic carbocycles. The molecule has 0 bridgehead atoms. The summed E-state index contributed by atoms with van der Waals surface area (Å²) in [6, 6.07) is 14.0. The number of anilines is 2. The summed E-state index contributed by atoms with van der Waals surface area (Å²) in [7, 11) is 1.29. The number of hydrazine groups is 1. The first kappa shape index (κ1) is 41.7. The fourth-order valence-corrected chi connectivity index (χ4v) is 5.86. The summed E-state index contributed by atoms with van der Waals surface area (Å²) in [5, 5.41) is -0.161. The number of carbonyl (C=O) groups excluding carboxylic acids is 4. The number of nitrogens with zero attached hydrogens (tertiary/aromatic N) is 6. The van der Waals surface area contributed by atoms with E-state index in [4.69, 9.17) is 38.5 Å². The monoisotopic (exact) mass is 814 g/mol. The quantitative estimate of drug-likeness (QED) is 0.106. The second-order valence-electron chi connectivity index (χ2n) is 12.2. The zero-order valence-electron chi connectivity index (χ0n) is 30.1. The molecule has 4 heterocycles. The van der Waals surface area contributed by atoms with Crippen molar-refractivity contribution in [2.24, 2.45) is 5.84 Å². The number of nitrogens with two attached hydrogens (primary N) is 1. The van der Waals surface area contributed by atoms with E-state index in [0.29, 0.717) is 86.5 Å². The van der Waals surface area contributed by atoms with Gasteiger partial charge in [-0.25, -0.2) is 29.0 Å². The molecule has 2 aliphatic heterocycles. The number of esters is 1. The van der Waals surface area contributed by atoms with Crippen LogP contribution in [0.3, 0.4) is 0 Å². The largest absolute Gasteiger partial charge is 0.465 e. The van der Waals surface area contributed by atoms with E-state index in [-0.39, 0.29) is 35.2 Å². The molecule has 0 aliphatic carbocycles. The number of hydrogen-bond donors (Lipinski definition) is 2. The summed E-state index contributed by atoms with van der Waals surface area (Å²) in [5.74, 6) is 3.01.